The molecule has 0 radical (unpaired) electrons. The molecule has 0 amide bonds. The normalized spacial score (nSPS) is 16.4. The van der Waals surface area contributed by atoms with E-state index >= 15 is 0 Å². The number of hydrogen-bond acceptors (Lipinski definition) is 5. The molecule has 1 aromatic rings. The molecule has 1 fully saturated rings. The summed E-state index contributed by atoms with van der Waals surface area (Å²) >= 11 is 0. The van der Waals surface area contributed by atoms with Crippen molar-refractivity contribution in [3.05, 3.63) is 17.5 Å². The molecule has 1 aromatic heterocycles. The highest BCUT2D eigenvalue weighted by molar-refractivity contribution is 5.34. The lowest BCUT2D eigenvalue weighted by atomic mass is 10.0. The summed E-state index contributed by atoms with van der Waals surface area (Å²) in [6.07, 6.45) is 1.96. The van der Waals surface area contributed by atoms with Gasteiger partial charge in [0.15, 0.2) is 0 Å². The van der Waals surface area contributed by atoms with Crippen molar-refractivity contribution in [1.82, 2.24) is 14.9 Å². The largest absolute Gasteiger partial charge is 0.395 e. The quantitative estimate of drug-likeness (QED) is 0.909. The molecule has 0 bridgehead atoms. The van der Waals surface area contributed by atoms with Crippen LogP contribution in [-0.2, 0) is 0 Å². The number of aryl methyl sites for hydroxylation is 1. The fourth-order valence-electron chi connectivity index (χ4n) is 2.50. The third-order valence-electron chi connectivity index (χ3n) is 3.70. The van der Waals surface area contributed by atoms with E-state index in [-0.39, 0.29) is 14.0 Å². The molecule has 2 rings (SSSR count). The molecular formula is C15H28N4O. The minimum Gasteiger partial charge on any atom is -0.395 e. The summed E-state index contributed by atoms with van der Waals surface area (Å²) in [6.45, 7) is 11.2. The number of rotatable bonds is 4. The predicted molar refractivity (Wildman–Crippen MR) is 83.3 cm³/mol. The molecular weight excluding hydrogens is 252 g/mol. The minimum atomic E-state index is 0. The van der Waals surface area contributed by atoms with Crippen molar-refractivity contribution in [2.75, 3.05) is 44.2 Å². The smallest absolute Gasteiger partial charge is 0.225 e. The number of aliphatic hydroxyl groups excluding tert-OH is 1. The third kappa shape index (κ3) is 3.90. The first-order valence-corrected chi connectivity index (χ1v) is 7.03. The van der Waals surface area contributed by atoms with Crippen molar-refractivity contribution in [3.63, 3.8) is 0 Å². The Morgan fingerprint density at radius 3 is 2.40 bits per heavy atom. The van der Waals surface area contributed by atoms with Gasteiger partial charge < -0.3 is 10.0 Å². The Kier molecular flexibility index (Phi) is 6.36. The Balaban J connectivity index is 0.00000200. The Labute approximate surface area is 122 Å². The number of hydrogen-bond donors (Lipinski definition) is 1. The van der Waals surface area contributed by atoms with Gasteiger partial charge in [-0.25, -0.2) is 9.97 Å². The maximum Gasteiger partial charge on any atom is 0.225 e. The zero-order valence-electron chi connectivity index (χ0n) is 12.1. The van der Waals surface area contributed by atoms with Crippen molar-refractivity contribution in [1.29, 1.82) is 0 Å². The van der Waals surface area contributed by atoms with Crippen molar-refractivity contribution in [2.45, 2.75) is 34.1 Å². The standard InChI is InChI=1S/C14H24N4O.CH4/c1-11(2)13-10-15-14(16-12(13)3)18-6-4-17(5-7-18)8-9-19;/h10-11,19H,4-9H2,1-3H3;1H4. The van der Waals surface area contributed by atoms with E-state index in [4.69, 9.17) is 5.11 Å². The fraction of sp³-hybridized carbons (Fsp3) is 0.733. The van der Waals surface area contributed by atoms with Gasteiger partial charge in [0.05, 0.1) is 6.61 Å². The van der Waals surface area contributed by atoms with Crippen molar-refractivity contribution < 1.29 is 5.11 Å². The van der Waals surface area contributed by atoms with Gasteiger partial charge >= 0.3 is 0 Å². The van der Waals surface area contributed by atoms with Crippen LogP contribution < -0.4 is 4.90 Å². The van der Waals surface area contributed by atoms with Gasteiger partial charge in [0.2, 0.25) is 5.95 Å². The second-order valence-electron chi connectivity index (χ2n) is 5.42. The topological polar surface area (TPSA) is 52.5 Å². The zero-order valence-corrected chi connectivity index (χ0v) is 12.1. The van der Waals surface area contributed by atoms with Crippen molar-refractivity contribution in [3.8, 4) is 0 Å². The second-order valence-corrected chi connectivity index (χ2v) is 5.42. The lowest BCUT2D eigenvalue weighted by Gasteiger charge is -2.34. The molecule has 0 unspecified atom stereocenters. The summed E-state index contributed by atoms with van der Waals surface area (Å²) in [5.74, 6) is 1.31. The molecule has 1 aliphatic heterocycles. The van der Waals surface area contributed by atoms with Crippen LogP contribution in [0.4, 0.5) is 5.95 Å². The summed E-state index contributed by atoms with van der Waals surface area (Å²) in [6, 6.07) is 0. The molecule has 0 spiro atoms. The summed E-state index contributed by atoms with van der Waals surface area (Å²) in [5, 5.41) is 8.94. The first-order valence-electron chi connectivity index (χ1n) is 7.03. The van der Waals surface area contributed by atoms with Crippen LogP contribution in [0.15, 0.2) is 6.20 Å². The molecule has 114 valence electrons. The van der Waals surface area contributed by atoms with Crippen LogP contribution in [0.1, 0.15) is 38.4 Å². The van der Waals surface area contributed by atoms with Crippen LogP contribution in [0.25, 0.3) is 0 Å². The molecule has 2 heterocycles. The number of aromatic nitrogens is 2. The highest BCUT2D eigenvalue weighted by Crippen LogP contribution is 2.19. The van der Waals surface area contributed by atoms with E-state index in [1.54, 1.807) is 0 Å². The number of aliphatic hydroxyl groups is 1. The SMILES string of the molecule is C.Cc1nc(N2CCN(CCO)CC2)ncc1C(C)C. The third-order valence-corrected chi connectivity index (χ3v) is 3.70. The minimum absolute atomic E-state index is 0. The lowest BCUT2D eigenvalue weighted by molar-refractivity contribution is 0.188. The van der Waals surface area contributed by atoms with Gasteiger partial charge in [0.1, 0.15) is 0 Å². The van der Waals surface area contributed by atoms with Crippen LogP contribution in [-0.4, -0.2) is 59.3 Å². The number of anilines is 1. The lowest BCUT2D eigenvalue weighted by Crippen LogP contribution is -2.47. The molecule has 1 saturated heterocycles. The Morgan fingerprint density at radius 2 is 1.90 bits per heavy atom. The van der Waals surface area contributed by atoms with Crippen LogP contribution in [0.2, 0.25) is 0 Å². The van der Waals surface area contributed by atoms with Gasteiger partial charge in [0.25, 0.3) is 0 Å². The van der Waals surface area contributed by atoms with Crippen molar-refractivity contribution in [2.24, 2.45) is 0 Å². The molecule has 0 aliphatic carbocycles. The second kappa shape index (κ2) is 7.55. The van der Waals surface area contributed by atoms with Gasteiger partial charge in [-0.15, -0.1) is 0 Å². The van der Waals surface area contributed by atoms with E-state index in [2.05, 4.69) is 40.5 Å². The fourth-order valence-corrected chi connectivity index (χ4v) is 2.50. The molecule has 0 aromatic carbocycles. The van der Waals surface area contributed by atoms with Crippen LogP contribution in [0.5, 0.6) is 0 Å². The van der Waals surface area contributed by atoms with E-state index in [1.807, 2.05) is 6.20 Å². The first kappa shape index (κ1) is 16.9. The van der Waals surface area contributed by atoms with Gasteiger partial charge in [-0.05, 0) is 18.4 Å². The molecule has 5 nitrogen and oxygen atoms in total. The molecule has 20 heavy (non-hydrogen) atoms. The van der Waals surface area contributed by atoms with E-state index in [9.17, 15) is 0 Å². The van der Waals surface area contributed by atoms with Crippen LogP contribution >= 0.6 is 0 Å². The van der Waals surface area contributed by atoms with Gasteiger partial charge in [-0.2, -0.15) is 0 Å². The highest BCUT2D eigenvalue weighted by Gasteiger charge is 2.19. The molecule has 0 atom stereocenters. The van der Waals surface area contributed by atoms with Crippen LogP contribution in [0, 0.1) is 6.92 Å². The number of nitrogens with zero attached hydrogens (tertiary/aromatic N) is 4. The summed E-state index contributed by atoms with van der Waals surface area (Å²) in [5.41, 5.74) is 2.31. The Hall–Kier alpha value is -1.20. The van der Waals surface area contributed by atoms with Gasteiger partial charge in [-0.3, -0.25) is 4.90 Å². The maximum atomic E-state index is 8.94. The molecule has 0 saturated carbocycles. The highest BCUT2D eigenvalue weighted by atomic mass is 16.3. The molecule has 1 N–H and O–H groups in total. The van der Waals surface area contributed by atoms with E-state index < -0.39 is 0 Å². The summed E-state index contributed by atoms with van der Waals surface area (Å²) in [7, 11) is 0. The van der Waals surface area contributed by atoms with Crippen LogP contribution in [0.3, 0.4) is 0 Å². The average molecular weight is 280 g/mol. The zero-order chi connectivity index (χ0) is 13.8. The maximum absolute atomic E-state index is 8.94. The summed E-state index contributed by atoms with van der Waals surface area (Å²) < 4.78 is 0. The van der Waals surface area contributed by atoms with E-state index in [0.717, 1.165) is 44.4 Å². The van der Waals surface area contributed by atoms with E-state index in [0.29, 0.717) is 5.92 Å². The Bertz CT molecular complexity index is 414. The Morgan fingerprint density at radius 1 is 1.25 bits per heavy atom. The number of β-amino-alcohol motifs (C(OH)–C–C–N with tert-alkyl or cyclic N) is 1. The predicted octanol–water partition coefficient (Wildman–Crippen LogP) is 1.66. The molecule has 1 aliphatic rings. The number of piperazine rings is 1. The van der Waals surface area contributed by atoms with Gasteiger partial charge in [-0.1, -0.05) is 21.3 Å². The molecule has 5 heteroatoms. The average Bonchev–Trinajstić information content (AvgIpc) is 2.39. The van der Waals surface area contributed by atoms with E-state index in [1.165, 1.54) is 5.56 Å². The van der Waals surface area contributed by atoms with Crippen molar-refractivity contribution >= 4 is 5.95 Å². The summed E-state index contributed by atoms with van der Waals surface area (Å²) in [4.78, 5) is 13.6. The monoisotopic (exact) mass is 280 g/mol. The van der Waals surface area contributed by atoms with Gasteiger partial charge in [0, 0.05) is 44.6 Å². The first-order chi connectivity index (χ1) is 9.11.